The van der Waals surface area contributed by atoms with E-state index in [9.17, 15) is 0 Å². The van der Waals surface area contributed by atoms with Gasteiger partial charge in [0, 0.05) is 6.61 Å². The molecule has 0 fully saturated rings. The van der Waals surface area contributed by atoms with Gasteiger partial charge in [-0.1, -0.05) is 66.2 Å². The van der Waals surface area contributed by atoms with Crippen molar-refractivity contribution < 1.29 is 4.74 Å². The fraction of sp³-hybridized carbons (Fsp3) is 1.00. The molecular weight excluding hydrogens is 220 g/mol. The summed E-state index contributed by atoms with van der Waals surface area (Å²) in [5.74, 6) is 0.807. The van der Waals surface area contributed by atoms with Crippen LogP contribution >= 0.6 is 0 Å². The van der Waals surface area contributed by atoms with Gasteiger partial charge in [-0.15, -0.1) is 0 Å². The molecule has 0 bridgehead atoms. The van der Waals surface area contributed by atoms with E-state index in [0.717, 1.165) is 12.5 Å². The predicted molar refractivity (Wildman–Crippen MR) is 82.1 cm³/mol. The first-order valence-electron chi connectivity index (χ1n) is 8.32. The van der Waals surface area contributed by atoms with Gasteiger partial charge in [-0.3, -0.25) is 0 Å². The highest BCUT2D eigenvalue weighted by atomic mass is 16.5. The Morgan fingerprint density at radius 1 is 0.722 bits per heavy atom. The molecule has 0 radical (unpaired) electrons. The van der Waals surface area contributed by atoms with E-state index < -0.39 is 0 Å². The number of unbranched alkanes of at least 4 members (excludes halogenated alkanes) is 5. The lowest BCUT2D eigenvalue weighted by Crippen LogP contribution is -2.14. The van der Waals surface area contributed by atoms with Crippen LogP contribution in [0.1, 0.15) is 91.9 Å². The summed E-state index contributed by atoms with van der Waals surface area (Å²) in [6, 6.07) is 0. The average Bonchev–Trinajstić information content (AvgIpc) is 2.34. The molecule has 0 heterocycles. The molecule has 0 aliphatic carbocycles. The van der Waals surface area contributed by atoms with Gasteiger partial charge in [-0.25, -0.2) is 0 Å². The van der Waals surface area contributed by atoms with Crippen molar-refractivity contribution in [3.8, 4) is 0 Å². The van der Waals surface area contributed by atoms with E-state index in [0.29, 0.717) is 6.10 Å². The molecule has 0 aromatic heterocycles. The van der Waals surface area contributed by atoms with E-state index in [1.807, 2.05) is 0 Å². The molecule has 0 saturated carbocycles. The van der Waals surface area contributed by atoms with E-state index in [4.69, 9.17) is 4.74 Å². The van der Waals surface area contributed by atoms with Crippen LogP contribution in [0.15, 0.2) is 0 Å². The van der Waals surface area contributed by atoms with Crippen molar-refractivity contribution in [1.82, 2.24) is 0 Å². The van der Waals surface area contributed by atoms with Crippen molar-refractivity contribution in [2.24, 2.45) is 5.92 Å². The van der Waals surface area contributed by atoms with Gasteiger partial charge in [0.2, 0.25) is 0 Å². The van der Waals surface area contributed by atoms with Gasteiger partial charge in [0.15, 0.2) is 0 Å². The largest absolute Gasteiger partial charge is 0.378 e. The first-order valence-corrected chi connectivity index (χ1v) is 8.32. The SMILES string of the molecule is CCCCCCCCOC(CCC)CCC(C)C. The van der Waals surface area contributed by atoms with E-state index in [-0.39, 0.29) is 0 Å². The zero-order valence-corrected chi connectivity index (χ0v) is 13.3. The molecule has 1 nitrogen and oxygen atoms in total. The van der Waals surface area contributed by atoms with Crippen molar-refractivity contribution >= 4 is 0 Å². The fourth-order valence-corrected chi connectivity index (χ4v) is 2.28. The third-order valence-electron chi connectivity index (χ3n) is 3.53. The Kier molecular flexibility index (Phi) is 13.4. The molecule has 0 aliphatic rings. The molecular formula is C17H36O. The van der Waals surface area contributed by atoms with Crippen LogP contribution in [0.4, 0.5) is 0 Å². The fourth-order valence-electron chi connectivity index (χ4n) is 2.28. The van der Waals surface area contributed by atoms with E-state index >= 15 is 0 Å². The second kappa shape index (κ2) is 13.4. The quantitative estimate of drug-likeness (QED) is 0.369. The molecule has 1 heteroatoms. The Hall–Kier alpha value is -0.0400. The minimum atomic E-state index is 0.521. The zero-order valence-electron chi connectivity index (χ0n) is 13.3. The van der Waals surface area contributed by atoms with Crippen molar-refractivity contribution in [2.75, 3.05) is 6.61 Å². The third-order valence-corrected chi connectivity index (χ3v) is 3.53. The van der Waals surface area contributed by atoms with Crippen molar-refractivity contribution in [3.63, 3.8) is 0 Å². The van der Waals surface area contributed by atoms with E-state index in [1.54, 1.807) is 0 Å². The van der Waals surface area contributed by atoms with Crippen molar-refractivity contribution in [3.05, 3.63) is 0 Å². The van der Waals surface area contributed by atoms with Gasteiger partial charge in [0.1, 0.15) is 0 Å². The maximum Gasteiger partial charge on any atom is 0.0575 e. The summed E-state index contributed by atoms with van der Waals surface area (Å²) >= 11 is 0. The molecule has 0 amide bonds. The Balaban J connectivity index is 3.45. The molecule has 0 aromatic carbocycles. The molecule has 0 aliphatic heterocycles. The number of hydrogen-bond acceptors (Lipinski definition) is 1. The maximum atomic E-state index is 6.04. The molecule has 0 rings (SSSR count). The normalized spacial score (nSPS) is 13.2. The Bertz CT molecular complexity index is 154. The van der Waals surface area contributed by atoms with Gasteiger partial charge < -0.3 is 4.74 Å². The Morgan fingerprint density at radius 3 is 2.00 bits per heavy atom. The lowest BCUT2D eigenvalue weighted by atomic mass is 10.0. The second-order valence-corrected chi connectivity index (χ2v) is 6.02. The summed E-state index contributed by atoms with van der Waals surface area (Å²) in [4.78, 5) is 0. The van der Waals surface area contributed by atoms with Gasteiger partial charge in [-0.05, 0) is 31.6 Å². The topological polar surface area (TPSA) is 9.23 Å². The van der Waals surface area contributed by atoms with Crippen LogP contribution in [0.3, 0.4) is 0 Å². The van der Waals surface area contributed by atoms with Crippen LogP contribution in [0, 0.1) is 5.92 Å². The smallest absolute Gasteiger partial charge is 0.0575 e. The highest BCUT2D eigenvalue weighted by Crippen LogP contribution is 2.15. The minimum absolute atomic E-state index is 0.521. The molecule has 0 saturated heterocycles. The molecule has 18 heavy (non-hydrogen) atoms. The Labute approximate surface area is 116 Å². The predicted octanol–water partition coefficient (Wildman–Crippen LogP) is 5.97. The number of ether oxygens (including phenoxy) is 1. The van der Waals surface area contributed by atoms with Gasteiger partial charge in [0.25, 0.3) is 0 Å². The van der Waals surface area contributed by atoms with Gasteiger partial charge in [-0.2, -0.15) is 0 Å². The van der Waals surface area contributed by atoms with Crippen LogP contribution in [0.2, 0.25) is 0 Å². The van der Waals surface area contributed by atoms with Crippen LogP contribution in [0.25, 0.3) is 0 Å². The number of rotatable bonds is 13. The zero-order chi connectivity index (χ0) is 13.6. The van der Waals surface area contributed by atoms with Crippen LogP contribution in [-0.4, -0.2) is 12.7 Å². The van der Waals surface area contributed by atoms with E-state index in [2.05, 4.69) is 27.7 Å². The lowest BCUT2D eigenvalue weighted by Gasteiger charge is -2.18. The summed E-state index contributed by atoms with van der Waals surface area (Å²) in [7, 11) is 0. The molecule has 1 unspecified atom stereocenters. The van der Waals surface area contributed by atoms with Crippen LogP contribution < -0.4 is 0 Å². The standard InChI is InChI=1S/C17H36O/c1-5-7-8-9-10-11-15-18-17(12-6-2)14-13-16(3)4/h16-17H,5-15H2,1-4H3. The van der Waals surface area contributed by atoms with E-state index in [1.165, 1.54) is 64.2 Å². The van der Waals surface area contributed by atoms with Gasteiger partial charge in [0.05, 0.1) is 6.10 Å². The minimum Gasteiger partial charge on any atom is -0.378 e. The maximum absolute atomic E-state index is 6.04. The summed E-state index contributed by atoms with van der Waals surface area (Å²) < 4.78 is 6.04. The van der Waals surface area contributed by atoms with Crippen LogP contribution in [0.5, 0.6) is 0 Å². The average molecular weight is 256 g/mol. The van der Waals surface area contributed by atoms with Crippen LogP contribution in [-0.2, 0) is 4.74 Å². The summed E-state index contributed by atoms with van der Waals surface area (Å²) in [5.41, 5.74) is 0. The van der Waals surface area contributed by atoms with Gasteiger partial charge >= 0.3 is 0 Å². The first-order chi connectivity index (χ1) is 8.70. The highest BCUT2D eigenvalue weighted by molar-refractivity contribution is 4.59. The highest BCUT2D eigenvalue weighted by Gasteiger charge is 2.08. The number of hydrogen-bond donors (Lipinski definition) is 0. The molecule has 0 spiro atoms. The molecule has 0 N–H and O–H groups in total. The Morgan fingerprint density at radius 2 is 1.39 bits per heavy atom. The van der Waals surface area contributed by atoms with Crippen molar-refractivity contribution in [1.29, 1.82) is 0 Å². The second-order valence-electron chi connectivity index (χ2n) is 6.02. The molecule has 1 atom stereocenters. The summed E-state index contributed by atoms with van der Waals surface area (Å²) in [6.45, 7) is 10.1. The summed E-state index contributed by atoms with van der Waals surface area (Å²) in [5, 5.41) is 0. The molecule has 110 valence electrons. The summed E-state index contributed by atoms with van der Waals surface area (Å²) in [6.07, 6.45) is 13.7. The first kappa shape index (κ1) is 18.0. The third kappa shape index (κ3) is 12.4. The lowest BCUT2D eigenvalue weighted by molar-refractivity contribution is 0.0353. The van der Waals surface area contributed by atoms with Crippen molar-refractivity contribution in [2.45, 2.75) is 98.0 Å². The molecule has 0 aromatic rings. The monoisotopic (exact) mass is 256 g/mol.